The molecule has 0 atom stereocenters. The minimum atomic E-state index is -0.794. The van der Waals surface area contributed by atoms with E-state index in [2.05, 4.69) is 0 Å². The van der Waals surface area contributed by atoms with Crippen LogP contribution in [0.2, 0.25) is 0 Å². The van der Waals surface area contributed by atoms with Gasteiger partial charge in [0, 0.05) is 17.0 Å². The molecule has 1 aliphatic rings. The summed E-state index contributed by atoms with van der Waals surface area (Å²) in [7, 11) is 0. The smallest absolute Gasteiger partial charge is 0.305 e. The number of nitrogens with two attached hydrogens (primary N) is 1. The van der Waals surface area contributed by atoms with Crippen LogP contribution in [0.15, 0.2) is 0 Å². The molecule has 1 aliphatic heterocycles. The monoisotopic (exact) mass is 183 g/mol. The molecule has 0 bridgehead atoms. The number of carboxylic acid groups (broad SMARTS) is 1. The molecule has 0 radical (unpaired) electrons. The van der Waals surface area contributed by atoms with Gasteiger partial charge in [0.15, 0.2) is 0 Å². The third-order valence-electron chi connectivity index (χ3n) is 1.28. The van der Waals surface area contributed by atoms with Gasteiger partial charge < -0.3 is 10.8 Å². The van der Waals surface area contributed by atoms with E-state index < -0.39 is 11.5 Å². The Morgan fingerprint density at radius 2 is 2.20 bits per heavy atom. The van der Waals surface area contributed by atoms with Gasteiger partial charge in [-0.15, -0.1) is 12.4 Å². The van der Waals surface area contributed by atoms with Gasteiger partial charge in [-0.2, -0.15) is 11.8 Å². The summed E-state index contributed by atoms with van der Waals surface area (Å²) in [4.78, 5) is 10.1. The Balaban J connectivity index is 0.000000810. The van der Waals surface area contributed by atoms with Crippen molar-refractivity contribution in [3.8, 4) is 0 Å². The first-order valence-corrected chi connectivity index (χ1v) is 3.86. The SMILES string of the molecule is Cl.NC1(CC(=O)O)CSC1. The Morgan fingerprint density at radius 1 is 1.70 bits per heavy atom. The number of hydrogen-bond acceptors (Lipinski definition) is 3. The molecule has 0 aromatic heterocycles. The summed E-state index contributed by atoms with van der Waals surface area (Å²) in [5.41, 5.74) is 5.21. The summed E-state index contributed by atoms with van der Waals surface area (Å²) in [6, 6.07) is 0. The van der Waals surface area contributed by atoms with Crippen molar-refractivity contribution in [2.75, 3.05) is 11.5 Å². The number of hydrogen-bond donors (Lipinski definition) is 2. The number of rotatable bonds is 2. The molecule has 0 amide bonds. The van der Waals surface area contributed by atoms with Crippen molar-refractivity contribution in [1.29, 1.82) is 0 Å². The van der Waals surface area contributed by atoms with Crippen LogP contribution in [0.4, 0.5) is 0 Å². The fourth-order valence-corrected chi connectivity index (χ4v) is 1.70. The van der Waals surface area contributed by atoms with Gasteiger partial charge in [0.25, 0.3) is 0 Å². The number of aliphatic carboxylic acids is 1. The lowest BCUT2D eigenvalue weighted by atomic mass is 10.0. The Bertz CT molecular complexity index is 138. The lowest BCUT2D eigenvalue weighted by Crippen LogP contribution is -2.53. The highest BCUT2D eigenvalue weighted by molar-refractivity contribution is 8.00. The molecule has 0 saturated carbocycles. The first-order valence-electron chi connectivity index (χ1n) is 2.71. The zero-order chi connectivity index (χ0) is 6.91. The molecule has 3 nitrogen and oxygen atoms in total. The lowest BCUT2D eigenvalue weighted by Gasteiger charge is -2.35. The third kappa shape index (κ3) is 2.36. The largest absolute Gasteiger partial charge is 0.481 e. The van der Waals surface area contributed by atoms with Gasteiger partial charge in [0.05, 0.1) is 6.42 Å². The maximum Gasteiger partial charge on any atom is 0.305 e. The zero-order valence-electron chi connectivity index (χ0n) is 5.37. The van der Waals surface area contributed by atoms with Crippen molar-refractivity contribution < 1.29 is 9.90 Å². The molecular weight excluding hydrogens is 174 g/mol. The molecule has 0 unspecified atom stereocenters. The standard InChI is InChI=1S/C5H9NO2S.ClH/c6-5(1-4(7)8)2-9-3-5;/h1-3,6H2,(H,7,8);1H. The summed E-state index contributed by atoms with van der Waals surface area (Å²) in [5, 5.41) is 8.32. The molecule has 1 fully saturated rings. The molecule has 10 heavy (non-hydrogen) atoms. The highest BCUT2D eigenvalue weighted by Crippen LogP contribution is 2.29. The van der Waals surface area contributed by atoms with Crippen molar-refractivity contribution in [3.05, 3.63) is 0 Å². The van der Waals surface area contributed by atoms with Gasteiger partial charge in [0.2, 0.25) is 0 Å². The van der Waals surface area contributed by atoms with Crippen LogP contribution in [0, 0.1) is 0 Å². The van der Waals surface area contributed by atoms with E-state index in [0.717, 1.165) is 11.5 Å². The second kappa shape index (κ2) is 3.46. The number of carboxylic acids is 1. The summed E-state index contributed by atoms with van der Waals surface area (Å²) in [5.74, 6) is 0.788. The van der Waals surface area contributed by atoms with Gasteiger partial charge in [-0.25, -0.2) is 0 Å². The topological polar surface area (TPSA) is 63.3 Å². The van der Waals surface area contributed by atoms with E-state index in [1.807, 2.05) is 0 Å². The predicted octanol–water partition coefficient (Wildman–Crippen LogP) is 0.327. The number of carbonyl (C=O) groups is 1. The molecule has 1 rings (SSSR count). The maximum atomic E-state index is 10.1. The normalized spacial score (nSPS) is 20.5. The minimum absolute atomic E-state index is 0. The average Bonchev–Trinajstić information content (AvgIpc) is 1.60. The van der Waals surface area contributed by atoms with Crippen LogP contribution >= 0.6 is 24.2 Å². The lowest BCUT2D eigenvalue weighted by molar-refractivity contribution is -0.138. The molecule has 5 heteroatoms. The molecule has 0 aromatic carbocycles. The Hall–Kier alpha value is 0.0700. The van der Waals surface area contributed by atoms with E-state index in [0.29, 0.717) is 0 Å². The highest BCUT2D eigenvalue weighted by atomic mass is 35.5. The second-order valence-electron chi connectivity index (χ2n) is 2.43. The van der Waals surface area contributed by atoms with Gasteiger partial charge in [-0.05, 0) is 0 Å². The van der Waals surface area contributed by atoms with E-state index in [-0.39, 0.29) is 18.8 Å². The number of halogens is 1. The molecule has 60 valence electrons. The average molecular weight is 184 g/mol. The summed E-state index contributed by atoms with van der Waals surface area (Å²) in [6.07, 6.45) is 0.111. The molecule has 1 heterocycles. The van der Waals surface area contributed by atoms with Gasteiger partial charge >= 0.3 is 5.97 Å². The van der Waals surface area contributed by atoms with Gasteiger partial charge in [-0.1, -0.05) is 0 Å². The van der Waals surface area contributed by atoms with E-state index in [1.54, 1.807) is 11.8 Å². The van der Waals surface area contributed by atoms with E-state index in [9.17, 15) is 4.79 Å². The Labute approximate surface area is 69.8 Å². The van der Waals surface area contributed by atoms with Crippen molar-refractivity contribution >= 4 is 30.1 Å². The second-order valence-corrected chi connectivity index (χ2v) is 3.41. The molecule has 0 aliphatic carbocycles. The van der Waals surface area contributed by atoms with E-state index in [4.69, 9.17) is 10.8 Å². The van der Waals surface area contributed by atoms with Gasteiger partial charge in [0.1, 0.15) is 0 Å². The first-order chi connectivity index (χ1) is 4.12. The van der Waals surface area contributed by atoms with Crippen LogP contribution in [0.1, 0.15) is 6.42 Å². The van der Waals surface area contributed by atoms with Crippen molar-refractivity contribution in [2.24, 2.45) is 5.73 Å². The first kappa shape index (κ1) is 10.1. The van der Waals surface area contributed by atoms with Crippen molar-refractivity contribution in [3.63, 3.8) is 0 Å². The Kier molecular flexibility index (Phi) is 3.48. The number of thioether (sulfide) groups is 1. The zero-order valence-corrected chi connectivity index (χ0v) is 7.00. The maximum absolute atomic E-state index is 10.1. The van der Waals surface area contributed by atoms with Crippen molar-refractivity contribution in [1.82, 2.24) is 0 Å². The highest BCUT2D eigenvalue weighted by Gasteiger charge is 2.35. The molecule has 1 saturated heterocycles. The molecule has 0 spiro atoms. The van der Waals surface area contributed by atoms with Crippen molar-refractivity contribution in [2.45, 2.75) is 12.0 Å². The van der Waals surface area contributed by atoms with E-state index >= 15 is 0 Å². The minimum Gasteiger partial charge on any atom is -0.481 e. The fraction of sp³-hybridized carbons (Fsp3) is 0.800. The quantitative estimate of drug-likeness (QED) is 0.648. The fourth-order valence-electron chi connectivity index (χ4n) is 0.767. The van der Waals surface area contributed by atoms with Crippen LogP contribution in [-0.4, -0.2) is 28.1 Å². The summed E-state index contributed by atoms with van der Waals surface area (Å²) in [6.45, 7) is 0. The van der Waals surface area contributed by atoms with Crippen LogP contribution in [0.5, 0.6) is 0 Å². The van der Waals surface area contributed by atoms with Gasteiger partial charge in [-0.3, -0.25) is 4.79 Å². The third-order valence-corrected chi connectivity index (χ3v) is 2.84. The van der Waals surface area contributed by atoms with Crippen LogP contribution < -0.4 is 5.73 Å². The molecular formula is C5H10ClNO2S. The molecule has 3 N–H and O–H groups in total. The predicted molar refractivity (Wildman–Crippen MR) is 43.7 cm³/mol. The van der Waals surface area contributed by atoms with Crippen LogP contribution in [0.3, 0.4) is 0 Å². The summed E-state index contributed by atoms with van der Waals surface area (Å²) >= 11 is 1.70. The summed E-state index contributed by atoms with van der Waals surface area (Å²) < 4.78 is 0. The van der Waals surface area contributed by atoms with E-state index in [1.165, 1.54) is 0 Å². The Morgan fingerprint density at radius 3 is 2.30 bits per heavy atom. The van der Waals surface area contributed by atoms with Crippen LogP contribution in [0.25, 0.3) is 0 Å². The molecule has 0 aromatic rings. The van der Waals surface area contributed by atoms with Crippen LogP contribution in [-0.2, 0) is 4.79 Å².